The highest BCUT2D eigenvalue weighted by Gasteiger charge is 2.68. The standard InChI is InChI=1S/C27H31N3O4S/c1-35(32,33)29-21-5-7-24-23(16-21)25(31)26(8-9-26)27(34-24)10-12-30(13-11-27)22-6-4-19-14-18(17-28)2-3-20(19)15-22/h2-3,5,7,14,16,22,25,29,31H,4,6,8-13,15H2,1H3/t22-,25?/m1/s1. The fourth-order valence-corrected chi connectivity index (χ4v) is 7.38. The Hall–Kier alpha value is -2.60. The van der Waals surface area contributed by atoms with Crippen LogP contribution in [0.2, 0.25) is 0 Å². The summed E-state index contributed by atoms with van der Waals surface area (Å²) < 4.78 is 32.6. The molecule has 0 amide bonds. The molecular formula is C27H31N3O4S. The molecule has 1 saturated carbocycles. The maximum atomic E-state index is 11.7. The number of nitrogens with zero attached hydrogens (tertiary/aromatic N) is 2. The van der Waals surface area contributed by atoms with Crippen molar-refractivity contribution in [2.75, 3.05) is 24.1 Å². The van der Waals surface area contributed by atoms with E-state index in [9.17, 15) is 18.8 Å². The molecule has 2 spiro atoms. The zero-order chi connectivity index (χ0) is 24.4. The zero-order valence-corrected chi connectivity index (χ0v) is 20.8. The largest absolute Gasteiger partial charge is 0.486 e. The van der Waals surface area contributed by atoms with E-state index in [0.717, 1.165) is 69.9 Å². The molecule has 7 nitrogen and oxygen atoms in total. The van der Waals surface area contributed by atoms with Gasteiger partial charge in [0.15, 0.2) is 0 Å². The van der Waals surface area contributed by atoms with Crippen molar-refractivity contribution in [1.82, 2.24) is 4.90 Å². The molecule has 2 aliphatic carbocycles. The van der Waals surface area contributed by atoms with E-state index in [0.29, 0.717) is 23.0 Å². The third-order valence-electron chi connectivity index (χ3n) is 8.79. The predicted molar refractivity (Wildman–Crippen MR) is 133 cm³/mol. The molecule has 2 fully saturated rings. The molecule has 6 rings (SSSR count). The lowest BCUT2D eigenvalue weighted by molar-refractivity contribution is -0.126. The monoisotopic (exact) mass is 493 g/mol. The van der Waals surface area contributed by atoms with Crippen LogP contribution in [0.25, 0.3) is 0 Å². The summed E-state index contributed by atoms with van der Waals surface area (Å²) >= 11 is 0. The molecule has 1 unspecified atom stereocenters. The topological polar surface area (TPSA) is 103 Å². The number of piperidine rings is 1. The SMILES string of the molecule is CS(=O)(=O)Nc1ccc2c(c1)C(O)C1(CC1)C1(CCN([C@@H]3CCc4cc(C#N)ccc4C3)CC1)O2. The first kappa shape index (κ1) is 22.8. The van der Waals surface area contributed by atoms with Crippen molar-refractivity contribution >= 4 is 15.7 Å². The van der Waals surface area contributed by atoms with Crippen LogP contribution in [0.1, 0.15) is 60.5 Å². The number of sulfonamides is 1. The number of nitrogens with one attached hydrogen (secondary N) is 1. The van der Waals surface area contributed by atoms with E-state index in [4.69, 9.17) is 4.74 Å². The number of hydrogen-bond donors (Lipinski definition) is 2. The lowest BCUT2D eigenvalue weighted by atomic mass is 9.69. The van der Waals surface area contributed by atoms with E-state index in [1.807, 2.05) is 12.1 Å². The summed E-state index contributed by atoms with van der Waals surface area (Å²) in [5.41, 5.74) is 3.88. The number of rotatable bonds is 3. The number of ether oxygens (including phenoxy) is 1. The second-order valence-electron chi connectivity index (χ2n) is 10.8. The summed E-state index contributed by atoms with van der Waals surface area (Å²) in [6.07, 6.45) is 7.20. The highest BCUT2D eigenvalue weighted by atomic mass is 32.2. The minimum atomic E-state index is -3.39. The maximum absolute atomic E-state index is 11.7. The van der Waals surface area contributed by atoms with Gasteiger partial charge in [0.05, 0.1) is 24.0 Å². The Balaban J connectivity index is 1.19. The summed E-state index contributed by atoms with van der Waals surface area (Å²) in [6.45, 7) is 1.88. The molecule has 8 heteroatoms. The van der Waals surface area contributed by atoms with Crippen molar-refractivity contribution in [3.05, 3.63) is 58.7 Å². The molecule has 4 aliphatic rings. The normalized spacial score (nSPS) is 26.3. The van der Waals surface area contributed by atoms with Gasteiger partial charge in [0.25, 0.3) is 0 Å². The Morgan fingerprint density at radius 2 is 1.89 bits per heavy atom. The van der Waals surface area contributed by atoms with Crippen molar-refractivity contribution in [3.63, 3.8) is 0 Å². The molecule has 1 saturated heterocycles. The Kier molecular flexibility index (Phi) is 5.19. The third kappa shape index (κ3) is 3.81. The number of aryl methyl sites for hydroxylation is 1. The lowest BCUT2D eigenvalue weighted by Crippen LogP contribution is -2.59. The van der Waals surface area contributed by atoms with Crippen molar-refractivity contribution < 1.29 is 18.3 Å². The van der Waals surface area contributed by atoms with E-state index in [1.54, 1.807) is 18.2 Å². The molecule has 2 aliphatic heterocycles. The van der Waals surface area contributed by atoms with Crippen LogP contribution in [0, 0.1) is 16.7 Å². The van der Waals surface area contributed by atoms with Gasteiger partial charge in [-0.2, -0.15) is 5.26 Å². The molecule has 2 aromatic rings. The molecule has 2 N–H and O–H groups in total. The molecule has 2 atom stereocenters. The minimum Gasteiger partial charge on any atom is -0.486 e. The van der Waals surface area contributed by atoms with E-state index in [1.165, 1.54) is 11.1 Å². The summed E-state index contributed by atoms with van der Waals surface area (Å²) in [5, 5.41) is 20.7. The van der Waals surface area contributed by atoms with Gasteiger partial charge in [-0.1, -0.05) is 6.07 Å². The third-order valence-corrected chi connectivity index (χ3v) is 9.40. The van der Waals surface area contributed by atoms with Gasteiger partial charge in [0.1, 0.15) is 11.4 Å². The number of aliphatic hydroxyl groups is 1. The maximum Gasteiger partial charge on any atom is 0.229 e. The van der Waals surface area contributed by atoms with Crippen LogP contribution in [0.4, 0.5) is 5.69 Å². The van der Waals surface area contributed by atoms with Crippen LogP contribution < -0.4 is 9.46 Å². The fourth-order valence-electron chi connectivity index (χ4n) is 6.82. The number of likely N-dealkylation sites (tertiary alicyclic amines) is 1. The Bertz CT molecular complexity index is 1320. The summed E-state index contributed by atoms with van der Waals surface area (Å²) in [6, 6.07) is 14.1. The van der Waals surface area contributed by atoms with Crippen LogP contribution in [-0.2, 0) is 22.9 Å². The second kappa shape index (κ2) is 7.95. The van der Waals surface area contributed by atoms with Gasteiger partial charge in [-0.05, 0) is 73.6 Å². The van der Waals surface area contributed by atoms with Gasteiger partial charge >= 0.3 is 0 Å². The molecular weight excluding hydrogens is 462 g/mol. The van der Waals surface area contributed by atoms with Crippen LogP contribution >= 0.6 is 0 Å². The molecule has 2 aromatic carbocycles. The van der Waals surface area contributed by atoms with Gasteiger partial charge in [0.2, 0.25) is 10.0 Å². The quantitative estimate of drug-likeness (QED) is 0.678. The van der Waals surface area contributed by atoms with Crippen molar-refractivity contribution in [1.29, 1.82) is 5.26 Å². The number of anilines is 1. The van der Waals surface area contributed by atoms with Crippen LogP contribution in [0.3, 0.4) is 0 Å². The number of benzene rings is 2. The molecule has 35 heavy (non-hydrogen) atoms. The number of hydrogen-bond acceptors (Lipinski definition) is 6. The average Bonchev–Trinajstić information content (AvgIpc) is 3.65. The van der Waals surface area contributed by atoms with Crippen molar-refractivity contribution in [2.24, 2.45) is 5.41 Å². The van der Waals surface area contributed by atoms with Crippen LogP contribution in [0.5, 0.6) is 5.75 Å². The average molecular weight is 494 g/mol. The highest BCUT2D eigenvalue weighted by molar-refractivity contribution is 7.92. The van der Waals surface area contributed by atoms with Crippen LogP contribution in [-0.4, -0.2) is 49.4 Å². The number of nitriles is 1. The molecule has 184 valence electrons. The second-order valence-corrected chi connectivity index (χ2v) is 12.6. The first-order chi connectivity index (χ1) is 16.7. The van der Waals surface area contributed by atoms with Gasteiger partial charge in [-0.15, -0.1) is 0 Å². The number of aliphatic hydroxyl groups excluding tert-OH is 1. The molecule has 0 aromatic heterocycles. The molecule has 0 bridgehead atoms. The Morgan fingerprint density at radius 3 is 2.57 bits per heavy atom. The zero-order valence-electron chi connectivity index (χ0n) is 20.0. The van der Waals surface area contributed by atoms with Gasteiger partial charge in [-0.3, -0.25) is 9.62 Å². The highest BCUT2D eigenvalue weighted by Crippen LogP contribution is 2.68. The minimum absolute atomic E-state index is 0.289. The van der Waals surface area contributed by atoms with E-state index in [2.05, 4.69) is 21.8 Å². The molecule has 2 heterocycles. The van der Waals surface area contributed by atoms with Crippen LogP contribution in [0.15, 0.2) is 36.4 Å². The lowest BCUT2D eigenvalue weighted by Gasteiger charge is -2.53. The first-order valence-electron chi connectivity index (χ1n) is 12.5. The van der Waals surface area contributed by atoms with E-state index < -0.39 is 16.1 Å². The Morgan fingerprint density at radius 1 is 1.11 bits per heavy atom. The van der Waals surface area contributed by atoms with Gasteiger partial charge in [0, 0.05) is 48.6 Å². The number of fused-ring (bicyclic) bond motifs is 3. The van der Waals surface area contributed by atoms with Gasteiger partial charge in [-0.25, -0.2) is 8.42 Å². The fraction of sp³-hybridized carbons (Fsp3) is 0.519. The first-order valence-corrected chi connectivity index (χ1v) is 14.4. The summed E-state index contributed by atoms with van der Waals surface area (Å²) in [5.74, 6) is 0.669. The Labute approximate surface area is 206 Å². The summed E-state index contributed by atoms with van der Waals surface area (Å²) in [7, 11) is -3.39. The van der Waals surface area contributed by atoms with Crippen molar-refractivity contribution in [2.45, 2.75) is 62.7 Å². The van der Waals surface area contributed by atoms with E-state index >= 15 is 0 Å². The molecule has 0 radical (unpaired) electrons. The van der Waals surface area contributed by atoms with Gasteiger partial charge < -0.3 is 9.84 Å². The predicted octanol–water partition coefficient (Wildman–Crippen LogP) is 3.53. The van der Waals surface area contributed by atoms with E-state index in [-0.39, 0.29) is 11.0 Å². The smallest absolute Gasteiger partial charge is 0.229 e. The van der Waals surface area contributed by atoms with Crippen molar-refractivity contribution in [3.8, 4) is 11.8 Å². The summed E-state index contributed by atoms with van der Waals surface area (Å²) in [4.78, 5) is 2.59.